The van der Waals surface area contributed by atoms with E-state index in [1.807, 2.05) is 27.9 Å². The van der Waals surface area contributed by atoms with Crippen LogP contribution >= 0.6 is 0 Å². The first kappa shape index (κ1) is 14.0. The number of hydrogen-bond acceptors (Lipinski definition) is 6. The first-order chi connectivity index (χ1) is 9.41. The van der Waals surface area contributed by atoms with E-state index in [4.69, 9.17) is 11.5 Å². The predicted molar refractivity (Wildman–Crippen MR) is 81.7 cm³/mol. The Labute approximate surface area is 118 Å². The normalized spacial score (nSPS) is 10.8. The molecule has 2 aromatic heterocycles. The molecule has 0 spiro atoms. The minimum absolute atomic E-state index is 0.684. The molecule has 0 aliphatic heterocycles. The lowest BCUT2D eigenvalue weighted by Gasteiger charge is -2.10. The minimum Gasteiger partial charge on any atom is -0.394 e. The highest BCUT2D eigenvalue weighted by Gasteiger charge is 2.10. The van der Waals surface area contributed by atoms with Gasteiger partial charge in [0.05, 0.1) is 22.8 Å². The van der Waals surface area contributed by atoms with Gasteiger partial charge in [-0.05, 0) is 13.8 Å². The lowest BCUT2D eigenvalue weighted by atomic mass is 10.4. The van der Waals surface area contributed by atoms with Crippen LogP contribution in [0.15, 0.2) is 0 Å². The third-order valence-corrected chi connectivity index (χ3v) is 3.25. The van der Waals surface area contributed by atoms with Gasteiger partial charge in [-0.15, -0.1) is 0 Å². The van der Waals surface area contributed by atoms with Gasteiger partial charge < -0.3 is 22.1 Å². The number of nitrogen functional groups attached to an aromatic ring is 2. The molecule has 0 unspecified atom stereocenters. The van der Waals surface area contributed by atoms with Gasteiger partial charge in [0.1, 0.15) is 11.6 Å². The van der Waals surface area contributed by atoms with Gasteiger partial charge in [0, 0.05) is 27.2 Å². The van der Waals surface area contributed by atoms with Gasteiger partial charge in [-0.25, -0.2) is 0 Å². The number of aromatic nitrogens is 4. The van der Waals surface area contributed by atoms with Crippen molar-refractivity contribution in [2.24, 2.45) is 14.1 Å². The van der Waals surface area contributed by atoms with Gasteiger partial charge in [-0.3, -0.25) is 9.36 Å². The number of nitrogens with one attached hydrogen (secondary N) is 2. The highest BCUT2D eigenvalue weighted by atomic mass is 15.3. The zero-order valence-corrected chi connectivity index (χ0v) is 12.4. The molecule has 0 bridgehead atoms. The van der Waals surface area contributed by atoms with E-state index in [1.54, 1.807) is 9.36 Å². The molecule has 0 aliphatic rings. The second-order valence-corrected chi connectivity index (χ2v) is 4.80. The Bertz CT molecular complexity index is 555. The summed E-state index contributed by atoms with van der Waals surface area (Å²) in [6, 6.07) is 0. The molecule has 0 saturated carbocycles. The predicted octanol–water partition coefficient (Wildman–Crippen LogP) is 0.459. The zero-order valence-electron chi connectivity index (χ0n) is 12.4. The average Bonchev–Trinajstić information content (AvgIpc) is 2.76. The Hall–Kier alpha value is -2.38. The lowest BCUT2D eigenvalue weighted by Crippen LogP contribution is -2.18. The van der Waals surface area contributed by atoms with E-state index in [0.29, 0.717) is 24.5 Å². The second-order valence-electron chi connectivity index (χ2n) is 4.80. The summed E-state index contributed by atoms with van der Waals surface area (Å²) in [4.78, 5) is 0. The maximum atomic E-state index is 5.95. The number of anilines is 4. The van der Waals surface area contributed by atoms with E-state index in [2.05, 4.69) is 20.8 Å². The number of nitrogens with zero attached hydrogens (tertiary/aromatic N) is 4. The quantitative estimate of drug-likeness (QED) is 0.591. The zero-order chi connectivity index (χ0) is 14.9. The van der Waals surface area contributed by atoms with E-state index < -0.39 is 0 Å². The van der Waals surface area contributed by atoms with Crippen molar-refractivity contribution in [2.45, 2.75) is 13.8 Å². The SMILES string of the molecule is Cc1nn(C)c(NCCNc2c(N)c(C)nn2C)c1N. The van der Waals surface area contributed by atoms with E-state index in [0.717, 1.165) is 23.0 Å². The monoisotopic (exact) mass is 278 g/mol. The Morgan fingerprint density at radius 1 is 0.850 bits per heavy atom. The van der Waals surface area contributed by atoms with Gasteiger partial charge in [0.15, 0.2) is 0 Å². The topological polar surface area (TPSA) is 112 Å². The molecule has 0 fully saturated rings. The fourth-order valence-corrected chi connectivity index (χ4v) is 2.13. The van der Waals surface area contributed by atoms with Crippen LogP contribution in [0, 0.1) is 13.8 Å². The molecule has 0 atom stereocenters. The van der Waals surface area contributed by atoms with Gasteiger partial charge >= 0.3 is 0 Å². The first-order valence-corrected chi connectivity index (χ1v) is 6.47. The van der Waals surface area contributed by atoms with E-state index in [9.17, 15) is 0 Å². The standard InChI is InChI=1S/C12H22N8/c1-7-9(13)11(19(3)17-7)15-5-6-16-12-10(14)8(2)18-20(12)4/h15-16H,5-6,13-14H2,1-4H3. The molecule has 20 heavy (non-hydrogen) atoms. The summed E-state index contributed by atoms with van der Waals surface area (Å²) < 4.78 is 3.49. The van der Waals surface area contributed by atoms with Crippen molar-refractivity contribution >= 4 is 23.0 Å². The van der Waals surface area contributed by atoms with Crippen molar-refractivity contribution in [3.05, 3.63) is 11.4 Å². The minimum atomic E-state index is 0.684. The smallest absolute Gasteiger partial charge is 0.147 e. The molecule has 0 amide bonds. The molecule has 6 N–H and O–H groups in total. The second kappa shape index (κ2) is 5.32. The van der Waals surface area contributed by atoms with Gasteiger partial charge in [0.2, 0.25) is 0 Å². The van der Waals surface area contributed by atoms with Crippen LogP contribution in [-0.2, 0) is 14.1 Å². The van der Waals surface area contributed by atoms with Crippen LogP contribution in [0.25, 0.3) is 0 Å². The molecule has 0 aliphatic carbocycles. The number of hydrogen-bond donors (Lipinski definition) is 4. The van der Waals surface area contributed by atoms with Crippen LogP contribution in [0.1, 0.15) is 11.4 Å². The summed E-state index contributed by atoms with van der Waals surface area (Å²) in [7, 11) is 3.73. The van der Waals surface area contributed by atoms with Crippen molar-refractivity contribution < 1.29 is 0 Å². The molecular weight excluding hydrogens is 256 g/mol. The van der Waals surface area contributed by atoms with Crippen molar-refractivity contribution in [3.8, 4) is 0 Å². The van der Waals surface area contributed by atoms with Gasteiger partial charge in [0.25, 0.3) is 0 Å². The van der Waals surface area contributed by atoms with Crippen molar-refractivity contribution in [1.29, 1.82) is 0 Å². The fourth-order valence-electron chi connectivity index (χ4n) is 2.13. The Morgan fingerprint density at radius 3 is 1.45 bits per heavy atom. The Balaban J connectivity index is 1.91. The molecule has 110 valence electrons. The highest BCUT2D eigenvalue weighted by molar-refractivity contribution is 5.66. The first-order valence-electron chi connectivity index (χ1n) is 6.47. The summed E-state index contributed by atoms with van der Waals surface area (Å²) in [6.07, 6.45) is 0. The van der Waals surface area contributed by atoms with Gasteiger partial charge in [-0.2, -0.15) is 10.2 Å². The van der Waals surface area contributed by atoms with Crippen LogP contribution in [0.3, 0.4) is 0 Å². The van der Waals surface area contributed by atoms with Crippen LogP contribution in [-0.4, -0.2) is 32.7 Å². The maximum Gasteiger partial charge on any atom is 0.147 e. The summed E-state index contributed by atoms with van der Waals surface area (Å²) in [5.41, 5.74) is 14.9. The van der Waals surface area contributed by atoms with E-state index in [-0.39, 0.29) is 0 Å². The maximum absolute atomic E-state index is 5.95. The highest BCUT2D eigenvalue weighted by Crippen LogP contribution is 2.21. The summed E-state index contributed by atoms with van der Waals surface area (Å²) >= 11 is 0. The number of nitrogens with two attached hydrogens (primary N) is 2. The summed E-state index contributed by atoms with van der Waals surface area (Å²) in [5.74, 6) is 1.66. The van der Waals surface area contributed by atoms with Crippen molar-refractivity contribution in [3.63, 3.8) is 0 Å². The molecule has 8 heteroatoms. The summed E-state index contributed by atoms with van der Waals surface area (Å²) in [6.45, 7) is 5.18. The fraction of sp³-hybridized carbons (Fsp3) is 0.500. The van der Waals surface area contributed by atoms with Gasteiger partial charge in [-0.1, -0.05) is 0 Å². The Kier molecular flexibility index (Phi) is 3.73. The van der Waals surface area contributed by atoms with Crippen LogP contribution in [0.4, 0.5) is 23.0 Å². The molecule has 2 aromatic rings. The third kappa shape index (κ3) is 2.49. The summed E-state index contributed by atoms with van der Waals surface area (Å²) in [5, 5.41) is 15.0. The molecular formula is C12H22N8. The largest absolute Gasteiger partial charge is 0.394 e. The molecule has 0 radical (unpaired) electrons. The molecule has 2 heterocycles. The van der Waals surface area contributed by atoms with Crippen LogP contribution in [0.5, 0.6) is 0 Å². The molecule has 2 rings (SSSR count). The van der Waals surface area contributed by atoms with Crippen LogP contribution < -0.4 is 22.1 Å². The van der Waals surface area contributed by atoms with Crippen molar-refractivity contribution in [2.75, 3.05) is 35.2 Å². The molecule has 0 aromatic carbocycles. The van der Waals surface area contributed by atoms with E-state index in [1.165, 1.54) is 0 Å². The molecule has 8 nitrogen and oxygen atoms in total. The third-order valence-electron chi connectivity index (χ3n) is 3.25. The molecule has 0 saturated heterocycles. The Morgan fingerprint density at radius 2 is 1.20 bits per heavy atom. The number of rotatable bonds is 5. The van der Waals surface area contributed by atoms with Crippen LogP contribution in [0.2, 0.25) is 0 Å². The number of aryl methyl sites for hydroxylation is 4. The average molecular weight is 278 g/mol. The van der Waals surface area contributed by atoms with E-state index >= 15 is 0 Å². The lowest BCUT2D eigenvalue weighted by molar-refractivity contribution is 0.752. The van der Waals surface area contributed by atoms with Crippen molar-refractivity contribution in [1.82, 2.24) is 19.6 Å².